The molecule has 25 heavy (non-hydrogen) atoms. The van der Waals surface area contributed by atoms with Crippen molar-refractivity contribution in [2.24, 2.45) is 0 Å². The van der Waals surface area contributed by atoms with E-state index < -0.39 is 10.0 Å². The summed E-state index contributed by atoms with van der Waals surface area (Å²) in [6.45, 7) is 5.97. The van der Waals surface area contributed by atoms with Crippen LogP contribution in [0.15, 0.2) is 47.4 Å². The van der Waals surface area contributed by atoms with Gasteiger partial charge < -0.3 is 0 Å². The standard InChI is InChI=1S/C17H22ClN3O2S2/c18-17-7-6-15(24-17)14-21-12-10-20(11-13-21)9-8-19-25(22,23)16-4-2-1-3-5-16/h1-7,19H,8-14H2. The molecule has 1 saturated heterocycles. The fraction of sp³-hybridized carbons (Fsp3) is 0.412. The third-order valence-electron chi connectivity index (χ3n) is 4.25. The van der Waals surface area contributed by atoms with Gasteiger partial charge in [0.2, 0.25) is 10.0 Å². The van der Waals surface area contributed by atoms with Crippen molar-refractivity contribution in [3.05, 3.63) is 51.7 Å². The number of nitrogens with one attached hydrogen (secondary N) is 1. The molecule has 3 rings (SSSR count). The summed E-state index contributed by atoms with van der Waals surface area (Å²) < 4.78 is 27.9. The molecular weight excluding hydrogens is 378 g/mol. The van der Waals surface area contributed by atoms with E-state index in [4.69, 9.17) is 11.6 Å². The van der Waals surface area contributed by atoms with E-state index in [0.29, 0.717) is 11.4 Å². The number of hydrogen-bond donors (Lipinski definition) is 1. The van der Waals surface area contributed by atoms with E-state index in [-0.39, 0.29) is 0 Å². The van der Waals surface area contributed by atoms with Crippen LogP contribution in [0.5, 0.6) is 0 Å². The van der Waals surface area contributed by atoms with Crippen LogP contribution in [0.1, 0.15) is 4.88 Å². The smallest absolute Gasteiger partial charge is 0.240 e. The molecule has 0 saturated carbocycles. The zero-order valence-corrected chi connectivity index (χ0v) is 16.3. The summed E-state index contributed by atoms with van der Waals surface area (Å²) in [7, 11) is -3.41. The molecule has 1 fully saturated rings. The van der Waals surface area contributed by atoms with Gasteiger partial charge in [-0.25, -0.2) is 13.1 Å². The average Bonchev–Trinajstić information content (AvgIpc) is 3.02. The first-order valence-electron chi connectivity index (χ1n) is 8.26. The lowest BCUT2D eigenvalue weighted by Crippen LogP contribution is -2.47. The van der Waals surface area contributed by atoms with Crippen LogP contribution in [-0.4, -0.2) is 57.5 Å². The SMILES string of the molecule is O=S(=O)(NCCN1CCN(Cc2ccc(Cl)s2)CC1)c1ccccc1. The van der Waals surface area contributed by atoms with E-state index in [2.05, 4.69) is 20.6 Å². The van der Waals surface area contributed by atoms with Gasteiger partial charge in [0.1, 0.15) is 0 Å². The van der Waals surface area contributed by atoms with Crippen molar-refractivity contribution >= 4 is 33.0 Å². The molecule has 0 spiro atoms. The summed E-state index contributed by atoms with van der Waals surface area (Å²) in [6.07, 6.45) is 0. The van der Waals surface area contributed by atoms with Crippen LogP contribution in [0.2, 0.25) is 4.34 Å². The number of rotatable bonds is 7. The number of benzene rings is 1. The monoisotopic (exact) mass is 399 g/mol. The topological polar surface area (TPSA) is 52.7 Å². The van der Waals surface area contributed by atoms with Crippen LogP contribution in [0.25, 0.3) is 0 Å². The molecule has 1 N–H and O–H groups in total. The average molecular weight is 400 g/mol. The molecule has 0 aliphatic carbocycles. The predicted molar refractivity (Wildman–Crippen MR) is 103 cm³/mol. The molecule has 2 heterocycles. The maximum Gasteiger partial charge on any atom is 0.240 e. The number of piperazine rings is 1. The molecule has 0 unspecified atom stereocenters. The summed E-state index contributed by atoms with van der Waals surface area (Å²) in [5.74, 6) is 0. The van der Waals surface area contributed by atoms with Crippen molar-refractivity contribution < 1.29 is 8.42 Å². The van der Waals surface area contributed by atoms with Crippen molar-refractivity contribution in [2.45, 2.75) is 11.4 Å². The fourth-order valence-corrected chi connectivity index (χ4v) is 5.02. The molecule has 5 nitrogen and oxygen atoms in total. The number of thiophene rings is 1. The zero-order valence-electron chi connectivity index (χ0n) is 13.9. The number of hydrogen-bond acceptors (Lipinski definition) is 5. The molecule has 1 aliphatic heterocycles. The van der Waals surface area contributed by atoms with Crippen LogP contribution >= 0.6 is 22.9 Å². The van der Waals surface area contributed by atoms with E-state index in [9.17, 15) is 8.42 Å². The normalized spacial score (nSPS) is 17.0. The Kier molecular flexibility index (Phi) is 6.49. The van der Waals surface area contributed by atoms with Crippen LogP contribution < -0.4 is 4.72 Å². The molecule has 0 amide bonds. The summed E-state index contributed by atoms with van der Waals surface area (Å²) in [4.78, 5) is 6.31. The molecule has 1 aliphatic rings. The lowest BCUT2D eigenvalue weighted by atomic mass is 10.3. The van der Waals surface area contributed by atoms with Gasteiger partial charge in [0.05, 0.1) is 9.23 Å². The minimum absolute atomic E-state index is 0.314. The first-order valence-corrected chi connectivity index (χ1v) is 10.9. The van der Waals surface area contributed by atoms with E-state index in [1.54, 1.807) is 35.6 Å². The van der Waals surface area contributed by atoms with E-state index in [1.165, 1.54) is 4.88 Å². The van der Waals surface area contributed by atoms with Gasteiger partial charge in [-0.1, -0.05) is 29.8 Å². The minimum atomic E-state index is -3.41. The largest absolute Gasteiger partial charge is 0.299 e. The Morgan fingerprint density at radius 2 is 1.68 bits per heavy atom. The minimum Gasteiger partial charge on any atom is -0.299 e. The third-order valence-corrected chi connectivity index (χ3v) is 6.94. The van der Waals surface area contributed by atoms with Crippen LogP contribution in [0, 0.1) is 0 Å². The molecule has 2 aromatic rings. The van der Waals surface area contributed by atoms with E-state index >= 15 is 0 Å². The Balaban J connectivity index is 1.39. The molecular formula is C17H22ClN3O2S2. The lowest BCUT2D eigenvalue weighted by molar-refractivity contribution is 0.130. The molecule has 8 heteroatoms. The summed E-state index contributed by atoms with van der Waals surface area (Å²) in [5.41, 5.74) is 0. The molecule has 0 bridgehead atoms. The fourth-order valence-electron chi connectivity index (χ4n) is 2.85. The van der Waals surface area contributed by atoms with Gasteiger partial charge in [-0.2, -0.15) is 0 Å². The second-order valence-electron chi connectivity index (χ2n) is 6.03. The first-order chi connectivity index (χ1) is 12.0. The van der Waals surface area contributed by atoms with Crippen LogP contribution in [-0.2, 0) is 16.6 Å². The van der Waals surface area contributed by atoms with Crippen molar-refractivity contribution in [3.8, 4) is 0 Å². The van der Waals surface area contributed by atoms with Gasteiger partial charge in [0.25, 0.3) is 0 Å². The van der Waals surface area contributed by atoms with Gasteiger partial charge in [-0.3, -0.25) is 9.80 Å². The van der Waals surface area contributed by atoms with Gasteiger partial charge in [-0.05, 0) is 24.3 Å². The van der Waals surface area contributed by atoms with Gasteiger partial charge >= 0.3 is 0 Å². The Hall–Kier alpha value is -0.960. The van der Waals surface area contributed by atoms with Crippen LogP contribution in [0.3, 0.4) is 0 Å². The predicted octanol–water partition coefficient (Wildman–Crippen LogP) is 2.50. The highest BCUT2D eigenvalue weighted by molar-refractivity contribution is 7.89. The molecule has 0 radical (unpaired) electrons. The quantitative estimate of drug-likeness (QED) is 0.777. The van der Waals surface area contributed by atoms with Crippen molar-refractivity contribution in [1.29, 1.82) is 0 Å². The maximum absolute atomic E-state index is 12.2. The van der Waals surface area contributed by atoms with Gasteiger partial charge in [-0.15, -0.1) is 11.3 Å². The summed E-state index contributed by atoms with van der Waals surface area (Å²) in [6, 6.07) is 12.5. The Bertz CT molecular complexity index is 772. The van der Waals surface area contributed by atoms with E-state index in [0.717, 1.165) is 43.6 Å². The first kappa shape index (κ1) is 18.8. The second-order valence-corrected chi connectivity index (χ2v) is 9.60. The highest BCUT2D eigenvalue weighted by atomic mass is 35.5. The molecule has 1 aromatic heterocycles. The Morgan fingerprint density at radius 3 is 2.32 bits per heavy atom. The van der Waals surface area contributed by atoms with Crippen molar-refractivity contribution in [2.75, 3.05) is 39.3 Å². The van der Waals surface area contributed by atoms with Crippen molar-refractivity contribution in [3.63, 3.8) is 0 Å². The third kappa shape index (κ3) is 5.51. The highest BCUT2D eigenvalue weighted by Crippen LogP contribution is 2.23. The zero-order chi connectivity index (χ0) is 17.7. The highest BCUT2D eigenvalue weighted by Gasteiger charge is 2.18. The molecule has 136 valence electrons. The Morgan fingerprint density at radius 1 is 1.00 bits per heavy atom. The number of nitrogens with zero attached hydrogens (tertiary/aromatic N) is 2. The maximum atomic E-state index is 12.2. The van der Waals surface area contributed by atoms with E-state index in [1.807, 2.05) is 12.1 Å². The van der Waals surface area contributed by atoms with Crippen LogP contribution in [0.4, 0.5) is 0 Å². The van der Waals surface area contributed by atoms with Gasteiger partial charge in [0.15, 0.2) is 0 Å². The second kappa shape index (κ2) is 8.62. The number of halogens is 1. The van der Waals surface area contributed by atoms with Crippen molar-refractivity contribution in [1.82, 2.24) is 14.5 Å². The molecule has 0 atom stereocenters. The van der Waals surface area contributed by atoms with Gasteiger partial charge in [0, 0.05) is 50.7 Å². The molecule has 1 aromatic carbocycles. The summed E-state index contributed by atoms with van der Waals surface area (Å²) >= 11 is 7.61. The number of sulfonamides is 1. The Labute approximate surface area is 158 Å². The lowest BCUT2D eigenvalue weighted by Gasteiger charge is -2.34. The summed E-state index contributed by atoms with van der Waals surface area (Å²) in [5, 5.41) is 0.